The minimum absolute atomic E-state index is 0.0189. The van der Waals surface area contributed by atoms with E-state index in [9.17, 15) is 14.4 Å². The lowest BCUT2D eigenvalue weighted by molar-refractivity contribution is -0.146. The lowest BCUT2D eigenvalue weighted by Crippen LogP contribution is -2.33. The zero-order chi connectivity index (χ0) is 18.5. The average Bonchev–Trinajstić information content (AvgIpc) is 2.92. The molecule has 7 nitrogen and oxygen atoms in total. The van der Waals surface area contributed by atoms with Gasteiger partial charge in [0.2, 0.25) is 0 Å². The van der Waals surface area contributed by atoms with E-state index in [0.717, 1.165) is 4.90 Å². The van der Waals surface area contributed by atoms with Crippen LogP contribution in [-0.2, 0) is 9.53 Å². The average molecular weight is 350 g/mol. The third-order valence-corrected chi connectivity index (χ3v) is 3.80. The van der Waals surface area contributed by atoms with Gasteiger partial charge in [-0.2, -0.15) is 5.26 Å². The number of carbonyl (C=O) groups is 3. The summed E-state index contributed by atoms with van der Waals surface area (Å²) in [6.07, 6.45) is 0. The molecular formula is C19H14N2O5. The molecule has 7 heteroatoms. The van der Waals surface area contributed by atoms with E-state index in [4.69, 9.17) is 14.7 Å². The number of hydrogen-bond acceptors (Lipinski definition) is 6. The van der Waals surface area contributed by atoms with E-state index in [1.54, 1.807) is 48.5 Å². The molecule has 0 bridgehead atoms. The first-order valence-electron chi connectivity index (χ1n) is 7.84. The highest BCUT2D eigenvalue weighted by Gasteiger charge is 2.34. The van der Waals surface area contributed by atoms with Gasteiger partial charge in [-0.05, 0) is 36.4 Å². The van der Waals surface area contributed by atoms with Crippen LogP contribution in [0, 0.1) is 11.3 Å². The number of benzene rings is 2. The second kappa shape index (κ2) is 7.49. The number of esters is 1. The predicted molar refractivity (Wildman–Crippen MR) is 89.4 cm³/mol. The van der Waals surface area contributed by atoms with Crippen LogP contribution in [0.3, 0.4) is 0 Å². The van der Waals surface area contributed by atoms with Crippen molar-refractivity contribution in [3.63, 3.8) is 0 Å². The van der Waals surface area contributed by atoms with Gasteiger partial charge < -0.3 is 9.47 Å². The van der Waals surface area contributed by atoms with Gasteiger partial charge in [-0.25, -0.2) is 4.79 Å². The maximum Gasteiger partial charge on any atom is 0.344 e. The number of fused-ring (bicyclic) bond motifs is 1. The number of nitriles is 1. The monoisotopic (exact) mass is 350 g/mol. The Morgan fingerprint density at radius 3 is 2.19 bits per heavy atom. The first-order chi connectivity index (χ1) is 12.6. The molecule has 0 atom stereocenters. The van der Waals surface area contributed by atoms with Gasteiger partial charge in [-0.3, -0.25) is 14.5 Å². The van der Waals surface area contributed by atoms with Crippen molar-refractivity contribution in [2.45, 2.75) is 0 Å². The summed E-state index contributed by atoms with van der Waals surface area (Å²) in [4.78, 5) is 37.1. The number of hydrogen-bond donors (Lipinski definition) is 0. The van der Waals surface area contributed by atoms with Crippen molar-refractivity contribution >= 4 is 17.8 Å². The van der Waals surface area contributed by atoms with Crippen molar-refractivity contribution in [2.24, 2.45) is 0 Å². The van der Waals surface area contributed by atoms with Crippen LogP contribution in [0.15, 0.2) is 48.5 Å². The molecule has 1 heterocycles. The summed E-state index contributed by atoms with van der Waals surface area (Å²) in [7, 11) is 0. The van der Waals surface area contributed by atoms with Gasteiger partial charge in [0.1, 0.15) is 12.4 Å². The predicted octanol–water partition coefficient (Wildman–Crippen LogP) is 1.78. The van der Waals surface area contributed by atoms with E-state index in [2.05, 4.69) is 0 Å². The van der Waals surface area contributed by atoms with Crippen LogP contribution in [0.25, 0.3) is 0 Å². The molecule has 0 aliphatic carbocycles. The number of carbonyl (C=O) groups excluding carboxylic acids is 3. The van der Waals surface area contributed by atoms with Gasteiger partial charge in [0, 0.05) is 0 Å². The smallest absolute Gasteiger partial charge is 0.344 e. The van der Waals surface area contributed by atoms with Crippen LogP contribution in [0.1, 0.15) is 26.3 Å². The maximum absolute atomic E-state index is 12.2. The van der Waals surface area contributed by atoms with Gasteiger partial charge in [-0.15, -0.1) is 0 Å². The molecule has 26 heavy (non-hydrogen) atoms. The Balaban J connectivity index is 1.45. The lowest BCUT2D eigenvalue weighted by Gasteiger charge is -2.14. The van der Waals surface area contributed by atoms with Gasteiger partial charge in [0.05, 0.1) is 29.3 Å². The summed E-state index contributed by atoms with van der Waals surface area (Å²) in [6.45, 7) is -0.440. The summed E-state index contributed by atoms with van der Waals surface area (Å²) < 4.78 is 10.3. The fourth-order valence-corrected chi connectivity index (χ4v) is 2.50. The summed E-state index contributed by atoms with van der Waals surface area (Å²) in [5, 5.41) is 8.71. The number of ether oxygens (including phenoxy) is 2. The van der Waals surface area contributed by atoms with Crippen molar-refractivity contribution in [3.8, 4) is 11.8 Å². The Hall–Kier alpha value is -3.66. The van der Waals surface area contributed by atoms with E-state index < -0.39 is 17.8 Å². The Morgan fingerprint density at radius 1 is 1.00 bits per heavy atom. The van der Waals surface area contributed by atoms with Crippen molar-refractivity contribution in [2.75, 3.05) is 19.8 Å². The minimum Gasteiger partial charge on any atom is -0.482 e. The largest absolute Gasteiger partial charge is 0.482 e. The van der Waals surface area contributed by atoms with Crippen LogP contribution >= 0.6 is 0 Å². The molecule has 130 valence electrons. The highest BCUT2D eigenvalue weighted by Crippen LogP contribution is 2.21. The molecule has 2 aromatic rings. The molecule has 3 rings (SSSR count). The second-order valence-electron chi connectivity index (χ2n) is 5.45. The van der Waals surface area contributed by atoms with E-state index in [-0.39, 0.29) is 19.8 Å². The Kier molecular flexibility index (Phi) is 4.94. The van der Waals surface area contributed by atoms with E-state index in [0.29, 0.717) is 22.4 Å². The standard InChI is InChI=1S/C19H14N2O5/c20-11-13-5-7-14(8-6-13)26-12-17(22)25-10-9-21-18(23)15-3-1-2-4-16(15)19(21)24/h1-8H,9-10,12H2. The normalized spacial score (nSPS) is 12.5. The molecule has 0 spiro atoms. The van der Waals surface area contributed by atoms with Crippen LogP contribution in [0.4, 0.5) is 0 Å². The molecule has 0 unspecified atom stereocenters. The minimum atomic E-state index is -0.619. The van der Waals surface area contributed by atoms with Gasteiger partial charge in [0.15, 0.2) is 6.61 Å². The zero-order valence-corrected chi connectivity index (χ0v) is 13.7. The highest BCUT2D eigenvalue weighted by atomic mass is 16.6. The van der Waals surface area contributed by atoms with Crippen LogP contribution < -0.4 is 4.74 Å². The molecule has 1 aliphatic heterocycles. The van der Waals surface area contributed by atoms with Crippen molar-refractivity contribution < 1.29 is 23.9 Å². The summed E-state index contributed by atoms with van der Waals surface area (Å²) in [5.41, 5.74) is 1.20. The topological polar surface area (TPSA) is 96.7 Å². The van der Waals surface area contributed by atoms with Gasteiger partial charge in [0.25, 0.3) is 11.8 Å². The van der Waals surface area contributed by atoms with E-state index in [1.807, 2.05) is 6.07 Å². The molecule has 0 fully saturated rings. The molecule has 0 saturated heterocycles. The molecule has 0 aromatic heterocycles. The fraction of sp³-hybridized carbons (Fsp3) is 0.158. The first-order valence-corrected chi connectivity index (χ1v) is 7.84. The Bertz CT molecular complexity index is 864. The number of amides is 2. The molecule has 0 saturated carbocycles. The van der Waals surface area contributed by atoms with Crippen molar-refractivity contribution in [1.29, 1.82) is 5.26 Å². The SMILES string of the molecule is N#Cc1ccc(OCC(=O)OCCN2C(=O)c3ccccc3C2=O)cc1. The maximum atomic E-state index is 12.2. The summed E-state index contributed by atoms with van der Waals surface area (Å²) >= 11 is 0. The van der Waals surface area contributed by atoms with Crippen LogP contribution in [0.5, 0.6) is 5.75 Å². The number of rotatable bonds is 6. The van der Waals surface area contributed by atoms with Crippen LogP contribution in [-0.4, -0.2) is 42.4 Å². The number of imide groups is 1. The van der Waals surface area contributed by atoms with E-state index >= 15 is 0 Å². The molecule has 2 amide bonds. The van der Waals surface area contributed by atoms with Crippen LogP contribution in [0.2, 0.25) is 0 Å². The van der Waals surface area contributed by atoms with Crippen molar-refractivity contribution in [3.05, 3.63) is 65.2 Å². The molecule has 2 aromatic carbocycles. The molecular weight excluding hydrogens is 336 g/mol. The Labute approximate surface area is 149 Å². The van der Waals surface area contributed by atoms with E-state index in [1.165, 1.54) is 0 Å². The molecule has 1 aliphatic rings. The highest BCUT2D eigenvalue weighted by molar-refractivity contribution is 6.21. The third-order valence-electron chi connectivity index (χ3n) is 3.80. The second-order valence-corrected chi connectivity index (χ2v) is 5.45. The fourth-order valence-electron chi connectivity index (χ4n) is 2.50. The Morgan fingerprint density at radius 2 is 1.62 bits per heavy atom. The summed E-state index contributed by atoms with van der Waals surface area (Å²) in [6, 6.07) is 14.8. The first kappa shape index (κ1) is 17.2. The quantitative estimate of drug-likeness (QED) is 0.582. The number of nitrogens with zero attached hydrogens (tertiary/aromatic N) is 2. The third kappa shape index (κ3) is 3.54. The van der Waals surface area contributed by atoms with Crippen molar-refractivity contribution in [1.82, 2.24) is 4.90 Å². The lowest BCUT2D eigenvalue weighted by atomic mass is 10.1. The van der Waals surface area contributed by atoms with Gasteiger partial charge in [-0.1, -0.05) is 12.1 Å². The zero-order valence-electron chi connectivity index (χ0n) is 13.7. The van der Waals surface area contributed by atoms with Gasteiger partial charge >= 0.3 is 5.97 Å². The summed E-state index contributed by atoms with van der Waals surface area (Å²) in [5.74, 6) is -0.974. The molecule has 0 radical (unpaired) electrons. The molecule has 0 N–H and O–H groups in total.